The van der Waals surface area contributed by atoms with Crippen molar-refractivity contribution in [2.45, 2.75) is 19.1 Å². The highest BCUT2D eigenvalue weighted by Crippen LogP contribution is 2.30. The van der Waals surface area contributed by atoms with Gasteiger partial charge in [-0.3, -0.25) is 9.69 Å². The first-order chi connectivity index (χ1) is 11.3. The Hall–Kier alpha value is -2.43. The summed E-state index contributed by atoms with van der Waals surface area (Å²) >= 11 is 0. The number of piperazine rings is 1. The molecule has 0 aromatic carbocycles. The van der Waals surface area contributed by atoms with E-state index in [-0.39, 0.29) is 11.6 Å². The van der Waals surface area contributed by atoms with Crippen molar-refractivity contribution in [1.29, 1.82) is 0 Å². The Morgan fingerprint density at radius 1 is 1.29 bits per heavy atom. The molecule has 0 aliphatic carbocycles. The first kappa shape index (κ1) is 16.4. The Labute approximate surface area is 135 Å². The highest BCUT2D eigenvalue weighted by atomic mass is 19.4. The van der Waals surface area contributed by atoms with Crippen LogP contribution >= 0.6 is 0 Å². The van der Waals surface area contributed by atoms with Gasteiger partial charge < -0.3 is 10.6 Å². The van der Waals surface area contributed by atoms with Crippen LogP contribution in [-0.4, -0.2) is 62.6 Å². The maximum absolute atomic E-state index is 13.0. The number of rotatable bonds is 3. The number of carbonyl (C=O) groups excluding carboxylic acids is 1. The molecule has 2 aromatic heterocycles. The second-order valence-electron chi connectivity index (χ2n) is 5.57. The summed E-state index contributed by atoms with van der Waals surface area (Å²) in [5, 5.41) is 3.95. The minimum absolute atomic E-state index is 0.104. The average Bonchev–Trinajstić information content (AvgIpc) is 3.01. The molecule has 8 nitrogen and oxygen atoms in total. The van der Waals surface area contributed by atoms with E-state index >= 15 is 0 Å². The zero-order valence-corrected chi connectivity index (χ0v) is 12.9. The van der Waals surface area contributed by atoms with Gasteiger partial charge in [0.1, 0.15) is 12.1 Å². The molecule has 0 spiro atoms. The van der Waals surface area contributed by atoms with Gasteiger partial charge in [-0.2, -0.15) is 27.8 Å². The molecule has 1 fully saturated rings. The van der Waals surface area contributed by atoms with E-state index in [0.29, 0.717) is 26.2 Å². The van der Waals surface area contributed by atoms with Crippen molar-refractivity contribution >= 4 is 17.5 Å². The number of amides is 1. The third-order valence-corrected chi connectivity index (χ3v) is 4.12. The predicted molar refractivity (Wildman–Crippen MR) is 78.2 cm³/mol. The van der Waals surface area contributed by atoms with E-state index in [1.54, 1.807) is 11.8 Å². The second-order valence-corrected chi connectivity index (χ2v) is 5.57. The van der Waals surface area contributed by atoms with E-state index < -0.39 is 23.8 Å². The molecule has 24 heavy (non-hydrogen) atoms. The number of carbonyl (C=O) groups is 1. The number of hydrogen-bond acceptors (Lipinski definition) is 6. The molecule has 0 unspecified atom stereocenters. The van der Waals surface area contributed by atoms with E-state index in [1.807, 2.05) is 4.90 Å². The molecular weight excluding hydrogens is 327 g/mol. The number of fused-ring (bicyclic) bond motifs is 1. The normalized spacial score (nSPS) is 18.1. The summed E-state index contributed by atoms with van der Waals surface area (Å²) in [6, 6.07) is 0.552. The highest BCUT2D eigenvalue weighted by Gasteiger charge is 2.35. The van der Waals surface area contributed by atoms with Gasteiger partial charge in [0.2, 0.25) is 5.91 Å². The lowest BCUT2D eigenvalue weighted by atomic mass is 10.2. The fourth-order valence-electron chi connectivity index (χ4n) is 2.69. The summed E-state index contributed by atoms with van der Waals surface area (Å²) in [6.45, 7) is 3.59. The van der Waals surface area contributed by atoms with Crippen LogP contribution in [-0.2, 0) is 11.0 Å². The molecule has 0 bridgehead atoms. The fourth-order valence-corrected chi connectivity index (χ4v) is 2.69. The van der Waals surface area contributed by atoms with Crippen LogP contribution in [0, 0.1) is 0 Å². The highest BCUT2D eigenvalue weighted by molar-refractivity contribution is 5.79. The Bertz CT molecular complexity index is 752. The van der Waals surface area contributed by atoms with Gasteiger partial charge in [-0.05, 0) is 6.92 Å². The minimum Gasteiger partial charge on any atom is -0.368 e. The van der Waals surface area contributed by atoms with Gasteiger partial charge in [0, 0.05) is 32.2 Å². The number of alkyl halides is 3. The molecule has 1 amide bonds. The average molecular weight is 343 g/mol. The number of hydrogen-bond donors (Lipinski definition) is 1. The summed E-state index contributed by atoms with van der Waals surface area (Å²) in [5.41, 5.74) is 4.28. The first-order valence-corrected chi connectivity index (χ1v) is 7.33. The predicted octanol–water partition coefficient (Wildman–Crippen LogP) is 0.139. The topological polar surface area (TPSA) is 92.7 Å². The van der Waals surface area contributed by atoms with Crippen LogP contribution in [0.5, 0.6) is 0 Å². The van der Waals surface area contributed by atoms with Crippen LogP contribution in [0.15, 0.2) is 12.4 Å². The van der Waals surface area contributed by atoms with Crippen molar-refractivity contribution in [3.8, 4) is 0 Å². The molecule has 1 atom stereocenters. The van der Waals surface area contributed by atoms with Gasteiger partial charge in [-0.15, -0.1) is 0 Å². The molecule has 11 heteroatoms. The van der Waals surface area contributed by atoms with Crippen LogP contribution < -0.4 is 10.6 Å². The number of anilines is 1. The van der Waals surface area contributed by atoms with Gasteiger partial charge >= 0.3 is 6.18 Å². The van der Waals surface area contributed by atoms with Crippen molar-refractivity contribution in [2.24, 2.45) is 5.73 Å². The lowest BCUT2D eigenvalue weighted by molar-refractivity contribution is -0.141. The quantitative estimate of drug-likeness (QED) is 0.852. The Balaban J connectivity index is 1.88. The summed E-state index contributed by atoms with van der Waals surface area (Å²) < 4.78 is 40.4. The van der Waals surface area contributed by atoms with Crippen LogP contribution in [0.25, 0.3) is 5.78 Å². The van der Waals surface area contributed by atoms with E-state index in [1.165, 1.54) is 4.52 Å². The van der Waals surface area contributed by atoms with Crippen molar-refractivity contribution in [3.63, 3.8) is 0 Å². The number of aromatic nitrogens is 4. The standard InChI is InChI=1S/C13H16F3N7O/c1-8(11(17)24)21-2-4-22(5-3-21)10-6-9(13(14,15)16)20-12-18-7-19-23(10)12/h6-8H,2-5H2,1H3,(H2,17,24)/t8-/m0/s1. The first-order valence-electron chi connectivity index (χ1n) is 7.33. The molecule has 2 aromatic rings. The molecule has 0 saturated carbocycles. The van der Waals surface area contributed by atoms with E-state index in [2.05, 4.69) is 15.1 Å². The second kappa shape index (κ2) is 5.89. The third kappa shape index (κ3) is 2.98. The molecule has 3 heterocycles. The largest absolute Gasteiger partial charge is 0.433 e. The lowest BCUT2D eigenvalue weighted by Gasteiger charge is -2.37. The van der Waals surface area contributed by atoms with Crippen molar-refractivity contribution in [3.05, 3.63) is 18.1 Å². The molecule has 2 N–H and O–H groups in total. The maximum atomic E-state index is 13.0. The Morgan fingerprint density at radius 2 is 1.96 bits per heavy atom. The molecule has 1 aliphatic rings. The van der Waals surface area contributed by atoms with Crippen molar-refractivity contribution < 1.29 is 18.0 Å². The SMILES string of the molecule is C[C@@H](C(N)=O)N1CCN(c2cc(C(F)(F)F)nc3ncnn23)CC1. The summed E-state index contributed by atoms with van der Waals surface area (Å²) in [5.74, 6) is -0.255. The van der Waals surface area contributed by atoms with Gasteiger partial charge in [-0.25, -0.2) is 4.98 Å². The number of nitrogens with zero attached hydrogens (tertiary/aromatic N) is 6. The van der Waals surface area contributed by atoms with E-state index in [0.717, 1.165) is 12.4 Å². The fraction of sp³-hybridized carbons (Fsp3) is 0.538. The minimum atomic E-state index is -4.56. The smallest absolute Gasteiger partial charge is 0.368 e. The molecule has 0 radical (unpaired) electrons. The van der Waals surface area contributed by atoms with Crippen molar-refractivity contribution in [1.82, 2.24) is 24.5 Å². The third-order valence-electron chi connectivity index (χ3n) is 4.12. The van der Waals surface area contributed by atoms with Crippen LogP contribution in [0.2, 0.25) is 0 Å². The van der Waals surface area contributed by atoms with Gasteiger partial charge in [0.15, 0.2) is 5.69 Å². The van der Waals surface area contributed by atoms with Crippen LogP contribution in [0.4, 0.5) is 19.0 Å². The molecular formula is C13H16F3N7O. The summed E-state index contributed by atoms with van der Waals surface area (Å²) in [6.07, 6.45) is -3.40. The lowest BCUT2D eigenvalue weighted by Crippen LogP contribution is -2.53. The zero-order chi connectivity index (χ0) is 17.5. The monoisotopic (exact) mass is 343 g/mol. The molecule has 1 saturated heterocycles. The molecule has 3 rings (SSSR count). The molecule has 130 valence electrons. The number of nitrogens with two attached hydrogens (primary N) is 1. The van der Waals surface area contributed by atoms with Gasteiger partial charge in [0.25, 0.3) is 5.78 Å². The van der Waals surface area contributed by atoms with Crippen molar-refractivity contribution in [2.75, 3.05) is 31.1 Å². The molecule has 1 aliphatic heterocycles. The van der Waals surface area contributed by atoms with E-state index in [9.17, 15) is 18.0 Å². The van der Waals surface area contributed by atoms with E-state index in [4.69, 9.17) is 5.73 Å². The number of halogens is 3. The summed E-state index contributed by atoms with van der Waals surface area (Å²) in [7, 11) is 0. The van der Waals surface area contributed by atoms with Crippen LogP contribution in [0.3, 0.4) is 0 Å². The Kier molecular flexibility index (Phi) is 4.03. The van der Waals surface area contributed by atoms with Gasteiger partial charge in [-0.1, -0.05) is 0 Å². The zero-order valence-electron chi connectivity index (χ0n) is 12.9. The maximum Gasteiger partial charge on any atom is 0.433 e. The van der Waals surface area contributed by atoms with Gasteiger partial charge in [0.05, 0.1) is 6.04 Å². The Morgan fingerprint density at radius 3 is 2.54 bits per heavy atom. The van der Waals surface area contributed by atoms with Crippen LogP contribution in [0.1, 0.15) is 12.6 Å². The number of primary amides is 1. The summed E-state index contributed by atoms with van der Waals surface area (Å²) in [4.78, 5) is 22.2.